The Morgan fingerprint density at radius 1 is 0.600 bits per heavy atom. The summed E-state index contributed by atoms with van der Waals surface area (Å²) in [7, 11) is 0. The smallest absolute Gasteiger partial charge is 0.305 e. The van der Waals surface area contributed by atoms with E-state index in [1.807, 2.05) is 0 Å². The number of carbonyl (C=O) groups excluding carboxylic acids is 1. The third-order valence-electron chi connectivity index (χ3n) is 6.06. The fraction of sp³-hybridized carbons (Fsp3) is 0.963. The van der Waals surface area contributed by atoms with Crippen molar-refractivity contribution in [3.63, 3.8) is 0 Å². The van der Waals surface area contributed by atoms with Gasteiger partial charge in [-0.2, -0.15) is 0 Å². The average molecular weight is 427 g/mol. The Morgan fingerprint density at radius 2 is 0.967 bits per heavy atom. The van der Waals surface area contributed by atoms with Crippen molar-refractivity contribution in [2.45, 2.75) is 161 Å². The van der Waals surface area contributed by atoms with Crippen LogP contribution in [-0.4, -0.2) is 23.8 Å². The van der Waals surface area contributed by atoms with E-state index in [2.05, 4.69) is 13.8 Å². The molecule has 3 nitrogen and oxygen atoms in total. The minimum Gasteiger partial charge on any atom is -0.463 e. The lowest BCUT2D eigenvalue weighted by molar-refractivity contribution is -0.146. The van der Waals surface area contributed by atoms with Crippen LogP contribution in [0.25, 0.3) is 0 Å². The fourth-order valence-electron chi connectivity index (χ4n) is 3.97. The van der Waals surface area contributed by atoms with E-state index in [4.69, 9.17) is 4.74 Å². The maximum atomic E-state index is 11.7. The molecule has 0 spiro atoms. The highest BCUT2D eigenvalue weighted by Crippen LogP contribution is 2.14. The molecule has 0 fully saturated rings. The lowest BCUT2D eigenvalue weighted by Crippen LogP contribution is -2.18. The molecule has 0 aliphatic heterocycles. The summed E-state index contributed by atoms with van der Waals surface area (Å²) in [5, 5.41) is 9.77. The number of aliphatic hydroxyl groups excluding tert-OH is 1. The Morgan fingerprint density at radius 3 is 1.40 bits per heavy atom. The van der Waals surface area contributed by atoms with Crippen LogP contribution in [0.3, 0.4) is 0 Å². The fourth-order valence-corrected chi connectivity index (χ4v) is 3.97. The minimum absolute atomic E-state index is 0.148. The molecule has 0 aromatic carbocycles. The monoisotopic (exact) mass is 426 g/mol. The zero-order chi connectivity index (χ0) is 22.1. The molecule has 1 N–H and O–H groups in total. The van der Waals surface area contributed by atoms with Gasteiger partial charge in [-0.15, -0.1) is 0 Å². The summed E-state index contributed by atoms with van der Waals surface area (Å²) in [5.41, 5.74) is 0. The van der Waals surface area contributed by atoms with Crippen LogP contribution < -0.4 is 0 Å². The third-order valence-corrected chi connectivity index (χ3v) is 6.06. The molecule has 0 heterocycles. The Hall–Kier alpha value is -0.570. The second-order valence-corrected chi connectivity index (χ2v) is 9.24. The first-order valence-electron chi connectivity index (χ1n) is 13.5. The number of esters is 1. The number of aliphatic hydroxyl groups is 1. The molecule has 0 rings (SSSR count). The van der Waals surface area contributed by atoms with Gasteiger partial charge in [0.15, 0.2) is 0 Å². The summed E-state index contributed by atoms with van der Waals surface area (Å²) in [6.45, 7) is 4.59. The molecule has 0 aliphatic rings. The molecule has 0 aromatic rings. The molecule has 0 saturated heterocycles. The van der Waals surface area contributed by atoms with Crippen molar-refractivity contribution in [1.29, 1.82) is 0 Å². The highest BCUT2D eigenvalue weighted by Gasteiger charge is 2.08. The van der Waals surface area contributed by atoms with Gasteiger partial charge in [-0.05, 0) is 12.8 Å². The van der Waals surface area contributed by atoms with Crippen LogP contribution >= 0.6 is 0 Å². The summed E-state index contributed by atoms with van der Waals surface area (Å²) < 4.78 is 5.17. The summed E-state index contributed by atoms with van der Waals surface area (Å²) >= 11 is 0. The number of ether oxygens (including phenoxy) is 1. The molecule has 0 amide bonds. The molecule has 0 radical (unpaired) electrons. The Labute approximate surface area is 188 Å². The number of carbonyl (C=O) groups is 1. The lowest BCUT2D eigenvalue weighted by Gasteiger charge is -2.11. The van der Waals surface area contributed by atoms with Crippen molar-refractivity contribution < 1.29 is 14.6 Å². The molecule has 0 aromatic heterocycles. The van der Waals surface area contributed by atoms with Crippen LogP contribution in [0, 0.1) is 0 Å². The topological polar surface area (TPSA) is 46.5 Å². The van der Waals surface area contributed by atoms with E-state index in [1.54, 1.807) is 0 Å². The highest BCUT2D eigenvalue weighted by molar-refractivity contribution is 5.69. The second-order valence-electron chi connectivity index (χ2n) is 9.24. The summed E-state index contributed by atoms with van der Waals surface area (Å²) in [4.78, 5) is 11.7. The number of rotatable bonds is 24. The third kappa shape index (κ3) is 23.7. The highest BCUT2D eigenvalue weighted by atomic mass is 16.5. The van der Waals surface area contributed by atoms with Gasteiger partial charge >= 0.3 is 5.97 Å². The molecule has 1 atom stereocenters. The Kier molecular flexibility index (Phi) is 24.2. The van der Waals surface area contributed by atoms with E-state index >= 15 is 0 Å². The van der Waals surface area contributed by atoms with Gasteiger partial charge in [0.05, 0.1) is 6.10 Å². The van der Waals surface area contributed by atoms with Crippen LogP contribution in [0.5, 0.6) is 0 Å². The molecule has 30 heavy (non-hydrogen) atoms. The van der Waals surface area contributed by atoms with Crippen LogP contribution in [0.1, 0.15) is 155 Å². The predicted molar refractivity (Wildman–Crippen MR) is 130 cm³/mol. The summed E-state index contributed by atoms with van der Waals surface area (Å²) in [5.74, 6) is -0.148. The van der Waals surface area contributed by atoms with Gasteiger partial charge in [-0.3, -0.25) is 4.79 Å². The number of hydrogen-bond donors (Lipinski definition) is 1. The second kappa shape index (κ2) is 24.7. The summed E-state index contributed by atoms with van der Waals surface area (Å²) in [6, 6.07) is 0. The van der Waals surface area contributed by atoms with Crippen molar-refractivity contribution in [1.82, 2.24) is 0 Å². The van der Waals surface area contributed by atoms with E-state index in [9.17, 15) is 9.90 Å². The van der Waals surface area contributed by atoms with E-state index < -0.39 is 6.10 Å². The van der Waals surface area contributed by atoms with E-state index in [-0.39, 0.29) is 12.6 Å². The SMILES string of the molecule is CCCCCCCCCCCCCCCCCCCC(=O)OCC(O)CCCCC. The first kappa shape index (κ1) is 29.4. The molecule has 180 valence electrons. The Balaban J connectivity index is 3.19. The molecule has 0 bridgehead atoms. The predicted octanol–water partition coefficient (Wildman–Crippen LogP) is 8.51. The molecule has 0 saturated carbocycles. The molecule has 1 unspecified atom stereocenters. The van der Waals surface area contributed by atoms with Crippen molar-refractivity contribution in [2.75, 3.05) is 6.61 Å². The van der Waals surface area contributed by atoms with Gasteiger partial charge in [0, 0.05) is 6.42 Å². The standard InChI is InChI=1S/C27H54O3/c1-3-5-7-8-9-10-11-12-13-14-15-16-17-18-19-20-22-24-27(29)30-25-26(28)23-21-6-4-2/h26,28H,3-25H2,1-2H3. The molecular weight excluding hydrogens is 372 g/mol. The lowest BCUT2D eigenvalue weighted by atomic mass is 10.0. The van der Waals surface area contributed by atoms with Gasteiger partial charge in [0.25, 0.3) is 0 Å². The summed E-state index contributed by atoms with van der Waals surface area (Å²) in [6.07, 6.45) is 26.9. The normalized spacial score (nSPS) is 12.2. The Bertz CT molecular complexity index is 343. The maximum Gasteiger partial charge on any atom is 0.305 e. The van der Waals surface area contributed by atoms with Gasteiger partial charge in [0.2, 0.25) is 0 Å². The van der Waals surface area contributed by atoms with Crippen molar-refractivity contribution in [2.24, 2.45) is 0 Å². The minimum atomic E-state index is -0.490. The molecular formula is C27H54O3. The van der Waals surface area contributed by atoms with Gasteiger partial charge < -0.3 is 9.84 Å². The maximum absolute atomic E-state index is 11.7. The van der Waals surface area contributed by atoms with Crippen molar-refractivity contribution in [3.8, 4) is 0 Å². The van der Waals surface area contributed by atoms with Gasteiger partial charge in [-0.25, -0.2) is 0 Å². The molecule has 0 aliphatic carbocycles. The zero-order valence-corrected chi connectivity index (χ0v) is 20.6. The molecule has 3 heteroatoms. The van der Waals surface area contributed by atoms with E-state index in [1.165, 1.54) is 96.3 Å². The quantitative estimate of drug-likeness (QED) is 0.124. The van der Waals surface area contributed by atoms with Crippen molar-refractivity contribution in [3.05, 3.63) is 0 Å². The first-order chi connectivity index (χ1) is 14.7. The number of unbranched alkanes of at least 4 members (excludes halogenated alkanes) is 18. The van der Waals surface area contributed by atoms with Crippen LogP contribution in [-0.2, 0) is 9.53 Å². The van der Waals surface area contributed by atoms with E-state index in [0.717, 1.165) is 38.5 Å². The van der Waals surface area contributed by atoms with Crippen LogP contribution in [0.4, 0.5) is 0 Å². The number of hydrogen-bond acceptors (Lipinski definition) is 3. The largest absolute Gasteiger partial charge is 0.463 e. The zero-order valence-electron chi connectivity index (χ0n) is 20.6. The van der Waals surface area contributed by atoms with Crippen LogP contribution in [0.2, 0.25) is 0 Å². The van der Waals surface area contributed by atoms with Crippen LogP contribution in [0.15, 0.2) is 0 Å². The van der Waals surface area contributed by atoms with Gasteiger partial charge in [-0.1, -0.05) is 136 Å². The van der Waals surface area contributed by atoms with Crippen molar-refractivity contribution >= 4 is 5.97 Å². The average Bonchev–Trinajstić information content (AvgIpc) is 2.74. The first-order valence-corrected chi connectivity index (χ1v) is 13.5. The van der Waals surface area contributed by atoms with Gasteiger partial charge in [0.1, 0.15) is 6.61 Å². The van der Waals surface area contributed by atoms with E-state index in [0.29, 0.717) is 6.42 Å².